The van der Waals surface area contributed by atoms with Crippen LogP contribution in [0.5, 0.6) is 0 Å². The second kappa shape index (κ2) is 12.6. The number of carbonyl (C=O) groups excluding carboxylic acids is 1. The number of likely N-dealkylation sites (tertiary alicyclic amines) is 1. The minimum atomic E-state index is -0.579. The highest BCUT2D eigenvalue weighted by atomic mass is 19.1. The second-order valence-electron chi connectivity index (χ2n) is 12.0. The minimum absolute atomic E-state index is 0.202. The van der Waals surface area contributed by atoms with Gasteiger partial charge in [0, 0.05) is 25.3 Å². The summed E-state index contributed by atoms with van der Waals surface area (Å²) in [5.74, 6) is 0.443. The van der Waals surface area contributed by atoms with E-state index >= 15 is 0 Å². The molecule has 6 rings (SSSR count). The molecule has 0 unspecified atom stereocenters. The van der Waals surface area contributed by atoms with E-state index in [1.54, 1.807) is 11.0 Å². The van der Waals surface area contributed by atoms with Crippen LogP contribution in [-0.2, 0) is 13.0 Å². The van der Waals surface area contributed by atoms with Gasteiger partial charge in [0.05, 0.1) is 6.04 Å². The number of anilines is 1. The fourth-order valence-corrected chi connectivity index (χ4v) is 7.01. The van der Waals surface area contributed by atoms with Crippen molar-refractivity contribution in [3.63, 3.8) is 0 Å². The number of halogens is 1. The first-order valence-corrected chi connectivity index (χ1v) is 15.5. The van der Waals surface area contributed by atoms with Crippen molar-refractivity contribution in [2.24, 2.45) is 4.99 Å². The Labute approximate surface area is 249 Å². The molecular formula is C36H41FN4O. The van der Waals surface area contributed by atoms with Crippen LogP contribution in [0.4, 0.5) is 14.9 Å². The van der Waals surface area contributed by atoms with Gasteiger partial charge in [0.15, 0.2) is 0 Å². The molecule has 0 aromatic heterocycles. The quantitative estimate of drug-likeness (QED) is 0.283. The number of allylic oxidation sites excluding steroid dienone is 1. The molecule has 2 aliphatic heterocycles. The number of aryl methyl sites for hydroxylation is 1. The topological polar surface area (TPSA) is 47.9 Å². The summed E-state index contributed by atoms with van der Waals surface area (Å²) >= 11 is 0. The Morgan fingerprint density at radius 3 is 2.55 bits per heavy atom. The number of nitrogens with one attached hydrogen (secondary N) is 1. The average molecular weight is 565 g/mol. The van der Waals surface area contributed by atoms with Crippen molar-refractivity contribution in [3.8, 4) is 11.1 Å². The van der Waals surface area contributed by atoms with E-state index in [1.807, 2.05) is 12.1 Å². The van der Waals surface area contributed by atoms with Gasteiger partial charge < -0.3 is 0 Å². The predicted octanol–water partition coefficient (Wildman–Crippen LogP) is 7.91. The molecule has 2 heterocycles. The maximum atomic E-state index is 14.3. The zero-order valence-corrected chi connectivity index (χ0v) is 24.4. The molecule has 3 aromatic rings. The third-order valence-corrected chi connectivity index (χ3v) is 9.21. The lowest BCUT2D eigenvalue weighted by Crippen LogP contribution is -2.57. The number of nitrogens with zero attached hydrogens (tertiary/aromatic N) is 3. The molecule has 218 valence electrons. The van der Waals surface area contributed by atoms with Crippen LogP contribution in [0.25, 0.3) is 11.1 Å². The smallest absolute Gasteiger partial charge is 0.299 e. The van der Waals surface area contributed by atoms with Crippen LogP contribution in [0.2, 0.25) is 0 Å². The van der Waals surface area contributed by atoms with Crippen molar-refractivity contribution < 1.29 is 9.18 Å². The molecule has 0 atom stereocenters. The Bertz CT molecular complexity index is 1450. The van der Waals surface area contributed by atoms with E-state index in [1.165, 1.54) is 53.6 Å². The third kappa shape index (κ3) is 5.91. The van der Waals surface area contributed by atoms with Gasteiger partial charge in [0.1, 0.15) is 17.2 Å². The highest BCUT2D eigenvalue weighted by Crippen LogP contribution is 2.39. The van der Waals surface area contributed by atoms with Gasteiger partial charge in [-0.3, -0.25) is 20.1 Å². The van der Waals surface area contributed by atoms with Crippen LogP contribution >= 0.6 is 0 Å². The summed E-state index contributed by atoms with van der Waals surface area (Å²) in [6.45, 7) is 6.38. The van der Waals surface area contributed by atoms with Gasteiger partial charge in [-0.2, -0.15) is 0 Å². The first kappa shape index (κ1) is 28.4. The molecule has 0 bridgehead atoms. The standard InChI is InChI=1S/C36H41FN4O/c1-2-3-12-28-13-7-8-19-33(28)29-14-9-11-27(24-29)26-40-22-20-36(21-23-40)34(38-31-16-5-4-6-17-31)39-35(42)41(36)32-18-10-15-30(37)25-32/h2,7-11,13-15,18-19,24-25,31H,1,3-6,12,16-17,20-23,26H2,(H,38,39,42). The lowest BCUT2D eigenvalue weighted by molar-refractivity contribution is 0.184. The molecule has 3 aliphatic rings. The summed E-state index contributed by atoms with van der Waals surface area (Å²) in [7, 11) is 0. The summed E-state index contributed by atoms with van der Waals surface area (Å²) in [4.78, 5) is 22.9. The maximum absolute atomic E-state index is 14.3. The Morgan fingerprint density at radius 2 is 1.76 bits per heavy atom. The molecule has 1 spiro atoms. The summed E-state index contributed by atoms with van der Waals surface area (Å²) in [6.07, 6.45) is 11.2. The number of amides is 2. The molecule has 3 fully saturated rings. The van der Waals surface area contributed by atoms with Crippen molar-refractivity contribution in [2.75, 3.05) is 18.0 Å². The van der Waals surface area contributed by atoms with E-state index in [4.69, 9.17) is 4.99 Å². The molecule has 42 heavy (non-hydrogen) atoms. The van der Waals surface area contributed by atoms with Crippen LogP contribution < -0.4 is 10.2 Å². The molecular weight excluding hydrogens is 523 g/mol. The molecule has 6 heteroatoms. The second-order valence-corrected chi connectivity index (χ2v) is 12.0. The number of amidine groups is 1. The first-order chi connectivity index (χ1) is 20.6. The number of piperidine rings is 1. The summed E-state index contributed by atoms with van der Waals surface area (Å²) < 4.78 is 14.3. The zero-order valence-electron chi connectivity index (χ0n) is 24.4. The highest BCUT2D eigenvalue weighted by molar-refractivity contribution is 6.19. The molecule has 2 saturated heterocycles. The van der Waals surface area contributed by atoms with Crippen molar-refractivity contribution in [1.82, 2.24) is 10.2 Å². The van der Waals surface area contributed by atoms with Gasteiger partial charge in [0.25, 0.3) is 0 Å². The monoisotopic (exact) mass is 564 g/mol. The lowest BCUT2D eigenvalue weighted by Gasteiger charge is -2.44. The predicted molar refractivity (Wildman–Crippen MR) is 169 cm³/mol. The van der Waals surface area contributed by atoms with Gasteiger partial charge in [0.2, 0.25) is 0 Å². The molecule has 5 nitrogen and oxygen atoms in total. The Morgan fingerprint density at radius 1 is 0.976 bits per heavy atom. The van der Waals surface area contributed by atoms with Crippen LogP contribution in [0.3, 0.4) is 0 Å². The summed E-state index contributed by atoms with van der Waals surface area (Å²) in [5.41, 5.74) is 5.16. The molecule has 1 aliphatic carbocycles. The molecule has 1 N–H and O–H groups in total. The van der Waals surface area contributed by atoms with E-state index in [9.17, 15) is 9.18 Å². The highest BCUT2D eigenvalue weighted by Gasteiger charge is 2.53. The number of aliphatic imine (C=N–C) groups is 1. The van der Waals surface area contributed by atoms with Gasteiger partial charge in [-0.1, -0.05) is 73.9 Å². The maximum Gasteiger partial charge on any atom is 0.328 e. The van der Waals surface area contributed by atoms with E-state index in [0.29, 0.717) is 5.69 Å². The van der Waals surface area contributed by atoms with E-state index in [2.05, 4.69) is 65.3 Å². The zero-order chi connectivity index (χ0) is 28.9. The minimum Gasteiger partial charge on any atom is -0.299 e. The van der Waals surface area contributed by atoms with E-state index in [0.717, 1.165) is 64.0 Å². The average Bonchev–Trinajstić information content (AvgIpc) is 3.27. The van der Waals surface area contributed by atoms with Crippen molar-refractivity contribution in [1.29, 1.82) is 0 Å². The Balaban J connectivity index is 1.23. The van der Waals surface area contributed by atoms with Gasteiger partial charge in [-0.25, -0.2) is 9.18 Å². The normalized spacial score (nSPS) is 20.3. The Hall–Kier alpha value is -3.77. The summed E-state index contributed by atoms with van der Waals surface area (Å²) in [6, 6.07) is 24.0. The Kier molecular flexibility index (Phi) is 8.52. The fraction of sp³-hybridized carbons (Fsp3) is 0.389. The van der Waals surface area contributed by atoms with Gasteiger partial charge in [-0.15, -0.1) is 6.58 Å². The fourth-order valence-electron chi connectivity index (χ4n) is 7.01. The first-order valence-electron chi connectivity index (χ1n) is 15.5. The number of benzene rings is 3. The SMILES string of the molecule is C=CCCc1ccccc1-c1cccc(CN2CCC3(CC2)C(=NC2CCCCC2)NC(=O)N3c2cccc(F)c2)c1. The molecule has 2 amide bonds. The van der Waals surface area contributed by atoms with Crippen LogP contribution in [0, 0.1) is 5.82 Å². The number of urea groups is 1. The number of hydrogen-bond acceptors (Lipinski definition) is 3. The molecule has 1 saturated carbocycles. The van der Waals surface area contributed by atoms with Crippen LogP contribution in [0.15, 0.2) is 90.4 Å². The summed E-state index contributed by atoms with van der Waals surface area (Å²) in [5, 5.41) is 3.13. The van der Waals surface area contributed by atoms with E-state index < -0.39 is 5.54 Å². The number of hydrogen-bond donors (Lipinski definition) is 1. The number of carbonyl (C=O) groups is 1. The molecule has 3 aromatic carbocycles. The van der Waals surface area contributed by atoms with Crippen molar-refractivity contribution in [3.05, 3.63) is 102 Å². The van der Waals surface area contributed by atoms with E-state index in [-0.39, 0.29) is 17.9 Å². The molecule has 0 radical (unpaired) electrons. The largest absolute Gasteiger partial charge is 0.328 e. The van der Waals surface area contributed by atoms with Gasteiger partial charge in [-0.05, 0) is 85.0 Å². The van der Waals surface area contributed by atoms with Crippen LogP contribution in [-0.4, -0.2) is 41.4 Å². The number of rotatable bonds is 8. The van der Waals surface area contributed by atoms with Gasteiger partial charge >= 0.3 is 6.03 Å². The third-order valence-electron chi connectivity index (χ3n) is 9.21. The van der Waals surface area contributed by atoms with Crippen LogP contribution in [0.1, 0.15) is 62.5 Å². The lowest BCUT2D eigenvalue weighted by atomic mass is 9.84. The van der Waals surface area contributed by atoms with Crippen molar-refractivity contribution >= 4 is 17.6 Å². The van der Waals surface area contributed by atoms with Crippen molar-refractivity contribution in [2.45, 2.75) is 75.9 Å².